The van der Waals surface area contributed by atoms with Crippen molar-refractivity contribution < 1.29 is 9.53 Å². The van der Waals surface area contributed by atoms with Crippen molar-refractivity contribution in [3.8, 4) is 5.75 Å². The highest BCUT2D eigenvalue weighted by Gasteiger charge is 2.25. The molecule has 1 aromatic carbocycles. The topological polar surface area (TPSA) is 38.3 Å². The molecule has 1 aromatic rings. The first-order valence-corrected chi connectivity index (χ1v) is 6.85. The van der Waals surface area contributed by atoms with Gasteiger partial charge in [0, 0.05) is 6.42 Å². The van der Waals surface area contributed by atoms with Crippen LogP contribution < -0.4 is 10.1 Å². The number of carbonyl (C=O) groups excluding carboxylic acids is 1. The van der Waals surface area contributed by atoms with E-state index >= 15 is 0 Å². The second-order valence-electron chi connectivity index (χ2n) is 5.14. The van der Waals surface area contributed by atoms with Crippen LogP contribution in [-0.4, -0.2) is 25.0 Å². The standard InChI is InChI=1S/C15H19NO2/c17-13-10-16-9-8-15(13)18-14-7-3-5-11-4-1-2-6-12(11)14/h3,5,7,15-16H,1-2,4,6,8-10H2. The summed E-state index contributed by atoms with van der Waals surface area (Å²) in [5.41, 5.74) is 2.73. The molecule has 1 unspecified atom stereocenters. The molecule has 0 spiro atoms. The Kier molecular flexibility index (Phi) is 3.33. The molecule has 3 rings (SSSR count). The van der Waals surface area contributed by atoms with E-state index in [1.54, 1.807) is 0 Å². The summed E-state index contributed by atoms with van der Waals surface area (Å²) >= 11 is 0. The second-order valence-corrected chi connectivity index (χ2v) is 5.14. The van der Waals surface area contributed by atoms with Crippen LogP contribution >= 0.6 is 0 Å². The van der Waals surface area contributed by atoms with E-state index in [1.807, 2.05) is 12.1 Å². The largest absolute Gasteiger partial charge is 0.482 e. The third-order valence-corrected chi connectivity index (χ3v) is 3.86. The van der Waals surface area contributed by atoms with E-state index in [4.69, 9.17) is 4.74 Å². The summed E-state index contributed by atoms with van der Waals surface area (Å²) in [6, 6.07) is 6.25. The van der Waals surface area contributed by atoms with E-state index in [1.165, 1.54) is 24.0 Å². The Balaban J connectivity index is 1.81. The molecule has 0 saturated carbocycles. The average molecular weight is 245 g/mol. The van der Waals surface area contributed by atoms with Crippen LogP contribution in [0.25, 0.3) is 0 Å². The number of Topliss-reactive ketones (excluding diaryl/α,β-unsaturated/α-hetero) is 1. The van der Waals surface area contributed by atoms with Crippen molar-refractivity contribution in [3.63, 3.8) is 0 Å². The van der Waals surface area contributed by atoms with Crippen molar-refractivity contribution in [1.29, 1.82) is 0 Å². The molecule has 18 heavy (non-hydrogen) atoms. The summed E-state index contributed by atoms with van der Waals surface area (Å²) in [4.78, 5) is 11.8. The Morgan fingerprint density at radius 3 is 3.00 bits per heavy atom. The van der Waals surface area contributed by atoms with Gasteiger partial charge in [-0.2, -0.15) is 0 Å². The first-order valence-electron chi connectivity index (χ1n) is 6.85. The first-order chi connectivity index (χ1) is 8.84. The Bertz CT molecular complexity index is 456. The Morgan fingerprint density at radius 1 is 1.22 bits per heavy atom. The van der Waals surface area contributed by atoms with Crippen LogP contribution in [0.2, 0.25) is 0 Å². The smallest absolute Gasteiger partial charge is 0.187 e. The van der Waals surface area contributed by atoms with E-state index in [0.717, 1.165) is 31.6 Å². The second kappa shape index (κ2) is 5.11. The predicted molar refractivity (Wildman–Crippen MR) is 70.0 cm³/mol. The van der Waals surface area contributed by atoms with Gasteiger partial charge in [-0.15, -0.1) is 0 Å². The number of ether oxygens (including phenoxy) is 1. The van der Waals surface area contributed by atoms with Crippen molar-refractivity contribution in [2.45, 2.75) is 38.2 Å². The molecule has 0 bridgehead atoms. The van der Waals surface area contributed by atoms with Gasteiger partial charge in [-0.25, -0.2) is 0 Å². The molecular formula is C15H19NO2. The van der Waals surface area contributed by atoms with Gasteiger partial charge < -0.3 is 10.1 Å². The minimum absolute atomic E-state index is 0.176. The molecule has 1 aliphatic carbocycles. The molecule has 2 aliphatic rings. The molecule has 3 nitrogen and oxygen atoms in total. The third-order valence-electron chi connectivity index (χ3n) is 3.86. The van der Waals surface area contributed by atoms with Crippen LogP contribution in [0.5, 0.6) is 5.75 Å². The average Bonchev–Trinajstić information content (AvgIpc) is 2.42. The Morgan fingerprint density at radius 2 is 2.11 bits per heavy atom. The van der Waals surface area contributed by atoms with Crippen molar-refractivity contribution >= 4 is 5.78 Å². The van der Waals surface area contributed by atoms with E-state index in [0.29, 0.717) is 6.54 Å². The zero-order valence-corrected chi connectivity index (χ0v) is 10.6. The van der Waals surface area contributed by atoms with Crippen LogP contribution in [0, 0.1) is 0 Å². The van der Waals surface area contributed by atoms with E-state index in [-0.39, 0.29) is 11.9 Å². The van der Waals surface area contributed by atoms with Crippen molar-refractivity contribution in [2.24, 2.45) is 0 Å². The molecule has 96 valence electrons. The summed E-state index contributed by atoms with van der Waals surface area (Å²) in [5.74, 6) is 1.11. The van der Waals surface area contributed by atoms with Gasteiger partial charge in [-0.05, 0) is 49.4 Å². The number of nitrogens with one attached hydrogen (secondary N) is 1. The number of aryl methyl sites for hydroxylation is 1. The normalized spacial score (nSPS) is 23.6. The Labute approximate surface area is 108 Å². The molecule has 0 radical (unpaired) electrons. The number of fused-ring (bicyclic) bond motifs is 1. The SMILES string of the molecule is O=C1CNCCC1Oc1cccc2c1CCCC2. The number of hydrogen-bond acceptors (Lipinski definition) is 3. The molecule has 1 N–H and O–H groups in total. The minimum Gasteiger partial charge on any atom is -0.482 e. The van der Waals surface area contributed by atoms with Crippen LogP contribution in [0.4, 0.5) is 0 Å². The summed E-state index contributed by atoms with van der Waals surface area (Å²) in [6.07, 6.45) is 5.26. The fourth-order valence-electron chi connectivity index (χ4n) is 2.85. The van der Waals surface area contributed by atoms with Crippen LogP contribution in [0.1, 0.15) is 30.4 Å². The number of ketones is 1. The molecule has 1 heterocycles. The summed E-state index contributed by atoms with van der Waals surface area (Å²) in [6.45, 7) is 1.31. The zero-order valence-electron chi connectivity index (χ0n) is 10.6. The fraction of sp³-hybridized carbons (Fsp3) is 0.533. The molecule has 0 aromatic heterocycles. The first kappa shape index (κ1) is 11.7. The maximum Gasteiger partial charge on any atom is 0.187 e. The van der Waals surface area contributed by atoms with Gasteiger partial charge in [-0.1, -0.05) is 12.1 Å². The van der Waals surface area contributed by atoms with Crippen LogP contribution in [-0.2, 0) is 17.6 Å². The number of hydrogen-bond donors (Lipinski definition) is 1. The van der Waals surface area contributed by atoms with E-state index in [9.17, 15) is 4.79 Å². The van der Waals surface area contributed by atoms with Gasteiger partial charge in [0.05, 0.1) is 6.54 Å². The lowest BCUT2D eigenvalue weighted by molar-refractivity contribution is -0.126. The highest BCUT2D eigenvalue weighted by molar-refractivity contribution is 5.86. The minimum atomic E-state index is -0.250. The third kappa shape index (κ3) is 2.27. The maximum absolute atomic E-state index is 11.8. The molecule has 0 amide bonds. The van der Waals surface area contributed by atoms with E-state index < -0.39 is 0 Å². The number of carbonyl (C=O) groups is 1. The predicted octanol–water partition coefficient (Wildman–Crippen LogP) is 1.88. The highest BCUT2D eigenvalue weighted by atomic mass is 16.5. The molecule has 3 heteroatoms. The van der Waals surface area contributed by atoms with Crippen LogP contribution in [0.3, 0.4) is 0 Å². The molecule has 1 aliphatic heterocycles. The number of piperidine rings is 1. The zero-order chi connectivity index (χ0) is 12.4. The van der Waals surface area contributed by atoms with Crippen LogP contribution in [0.15, 0.2) is 18.2 Å². The lowest BCUT2D eigenvalue weighted by atomic mass is 9.91. The fourth-order valence-corrected chi connectivity index (χ4v) is 2.85. The van der Waals surface area contributed by atoms with Gasteiger partial charge >= 0.3 is 0 Å². The molecule has 1 fully saturated rings. The highest BCUT2D eigenvalue weighted by Crippen LogP contribution is 2.30. The Hall–Kier alpha value is -1.35. The molecular weight excluding hydrogens is 226 g/mol. The van der Waals surface area contributed by atoms with Crippen molar-refractivity contribution in [3.05, 3.63) is 29.3 Å². The van der Waals surface area contributed by atoms with Gasteiger partial charge in [0.1, 0.15) is 5.75 Å². The summed E-state index contributed by atoms with van der Waals surface area (Å²) < 4.78 is 5.98. The maximum atomic E-state index is 11.8. The van der Waals surface area contributed by atoms with Gasteiger partial charge in [0.2, 0.25) is 0 Å². The van der Waals surface area contributed by atoms with Gasteiger partial charge in [-0.3, -0.25) is 4.79 Å². The lowest BCUT2D eigenvalue weighted by Crippen LogP contribution is -2.43. The molecule has 1 atom stereocenters. The lowest BCUT2D eigenvalue weighted by Gasteiger charge is -2.26. The summed E-state index contributed by atoms with van der Waals surface area (Å²) in [5, 5.41) is 3.08. The van der Waals surface area contributed by atoms with E-state index in [2.05, 4.69) is 11.4 Å². The van der Waals surface area contributed by atoms with Crippen molar-refractivity contribution in [1.82, 2.24) is 5.32 Å². The number of benzene rings is 1. The summed E-state index contributed by atoms with van der Waals surface area (Å²) in [7, 11) is 0. The van der Waals surface area contributed by atoms with Gasteiger partial charge in [0.25, 0.3) is 0 Å². The molecule has 1 saturated heterocycles. The quantitative estimate of drug-likeness (QED) is 0.864. The van der Waals surface area contributed by atoms with Crippen molar-refractivity contribution in [2.75, 3.05) is 13.1 Å². The van der Waals surface area contributed by atoms with Gasteiger partial charge in [0.15, 0.2) is 11.9 Å². The number of rotatable bonds is 2. The monoisotopic (exact) mass is 245 g/mol.